The maximum Gasteiger partial charge on any atom is 0.0696 e. The molecule has 0 bridgehead atoms. The molecule has 2 aromatic rings. The average molecular weight is 275 g/mol. The van der Waals surface area contributed by atoms with Gasteiger partial charge in [-0.1, -0.05) is 0 Å². The molecule has 0 aliphatic rings. The van der Waals surface area contributed by atoms with Gasteiger partial charge in [-0.25, -0.2) is 0 Å². The fourth-order valence-electron chi connectivity index (χ4n) is 1.28. The smallest absolute Gasteiger partial charge is 0.0696 e. The highest BCUT2D eigenvalue weighted by atomic mass is 79.9. The Morgan fingerprint density at radius 2 is 2.31 bits per heavy atom. The molecular formula is C9H7BrOS2. The highest BCUT2D eigenvalue weighted by molar-refractivity contribution is 9.10. The van der Waals surface area contributed by atoms with Crippen molar-refractivity contribution in [3.8, 4) is 0 Å². The van der Waals surface area contributed by atoms with Crippen LogP contribution in [0.3, 0.4) is 0 Å². The third-order valence-electron chi connectivity index (χ3n) is 1.90. The Bertz CT molecular complexity index is 450. The highest BCUT2D eigenvalue weighted by Gasteiger charge is 2.08. The number of hydrogen-bond donors (Lipinski definition) is 2. The van der Waals surface area contributed by atoms with Crippen LogP contribution in [-0.2, 0) is 6.61 Å². The zero-order valence-electron chi connectivity index (χ0n) is 6.62. The van der Waals surface area contributed by atoms with Crippen molar-refractivity contribution >= 4 is 50.0 Å². The van der Waals surface area contributed by atoms with Crippen molar-refractivity contribution in [3.63, 3.8) is 0 Å². The molecular weight excluding hydrogens is 268 g/mol. The Morgan fingerprint density at radius 3 is 3.00 bits per heavy atom. The summed E-state index contributed by atoms with van der Waals surface area (Å²) in [5.41, 5.74) is 0.943. The lowest BCUT2D eigenvalue weighted by Gasteiger charge is -2.03. The van der Waals surface area contributed by atoms with E-state index in [9.17, 15) is 0 Å². The first-order valence-corrected chi connectivity index (χ1v) is 5.84. The molecule has 13 heavy (non-hydrogen) atoms. The summed E-state index contributed by atoms with van der Waals surface area (Å²) in [6.45, 7) is 0.0673. The predicted octanol–water partition coefficient (Wildman–Crippen LogP) is 3.44. The predicted molar refractivity (Wildman–Crippen MR) is 62.7 cm³/mol. The number of fused-ring (bicyclic) bond motifs is 1. The molecule has 4 heteroatoms. The summed E-state index contributed by atoms with van der Waals surface area (Å²) >= 11 is 9.43. The molecule has 0 saturated heterocycles. The van der Waals surface area contributed by atoms with Gasteiger partial charge in [-0.2, -0.15) is 0 Å². The van der Waals surface area contributed by atoms with Gasteiger partial charge in [0, 0.05) is 19.5 Å². The van der Waals surface area contributed by atoms with E-state index in [2.05, 4.69) is 28.6 Å². The summed E-state index contributed by atoms with van der Waals surface area (Å²) in [4.78, 5) is 0.870. The van der Waals surface area contributed by atoms with Gasteiger partial charge in [-0.15, -0.1) is 24.0 Å². The molecule has 0 unspecified atom stereocenters. The molecule has 1 heterocycles. The van der Waals surface area contributed by atoms with E-state index < -0.39 is 0 Å². The second kappa shape index (κ2) is 3.61. The summed E-state index contributed by atoms with van der Waals surface area (Å²) in [6.07, 6.45) is 0. The Morgan fingerprint density at radius 1 is 1.54 bits per heavy atom. The first-order chi connectivity index (χ1) is 6.24. The molecule has 0 amide bonds. The number of thiophene rings is 1. The summed E-state index contributed by atoms with van der Waals surface area (Å²) in [7, 11) is 0. The van der Waals surface area contributed by atoms with Crippen molar-refractivity contribution in [2.75, 3.05) is 0 Å². The SMILES string of the molecule is OCc1cc(S)c(Br)c2ccsc12. The molecule has 0 atom stereocenters. The quantitative estimate of drug-likeness (QED) is 0.764. The first-order valence-electron chi connectivity index (χ1n) is 3.72. The molecule has 1 nitrogen and oxygen atoms in total. The van der Waals surface area contributed by atoms with Crippen molar-refractivity contribution in [2.45, 2.75) is 11.5 Å². The molecule has 1 N–H and O–H groups in total. The lowest BCUT2D eigenvalue weighted by molar-refractivity contribution is 0.283. The highest BCUT2D eigenvalue weighted by Crippen LogP contribution is 2.35. The summed E-state index contributed by atoms with van der Waals surface area (Å²) in [5.74, 6) is 0. The summed E-state index contributed by atoms with van der Waals surface area (Å²) < 4.78 is 2.14. The molecule has 0 aliphatic carbocycles. The number of halogens is 1. The minimum absolute atomic E-state index is 0.0673. The Balaban J connectivity index is 2.87. The number of rotatable bonds is 1. The molecule has 2 rings (SSSR count). The Kier molecular flexibility index (Phi) is 2.65. The van der Waals surface area contributed by atoms with E-state index >= 15 is 0 Å². The van der Waals surface area contributed by atoms with Crippen molar-refractivity contribution in [1.82, 2.24) is 0 Å². The van der Waals surface area contributed by atoms with Gasteiger partial charge >= 0.3 is 0 Å². The number of hydrogen-bond acceptors (Lipinski definition) is 3. The third kappa shape index (κ3) is 1.52. The van der Waals surface area contributed by atoms with Gasteiger partial charge in [-0.05, 0) is 39.0 Å². The lowest BCUT2D eigenvalue weighted by Crippen LogP contribution is -1.84. The first kappa shape index (κ1) is 9.52. The third-order valence-corrected chi connectivity index (χ3v) is 4.40. The van der Waals surface area contributed by atoms with Gasteiger partial charge in [0.2, 0.25) is 0 Å². The second-order valence-corrected chi connectivity index (χ2v) is 4.88. The van der Waals surface area contributed by atoms with Crippen LogP contribution in [-0.4, -0.2) is 5.11 Å². The molecule has 0 aliphatic heterocycles. The van der Waals surface area contributed by atoms with Crippen LogP contribution < -0.4 is 0 Å². The summed E-state index contributed by atoms with van der Waals surface area (Å²) in [5, 5.41) is 12.3. The van der Waals surface area contributed by atoms with Gasteiger partial charge in [0.05, 0.1) is 6.61 Å². The van der Waals surface area contributed by atoms with Crippen LogP contribution in [0.15, 0.2) is 26.9 Å². The van der Waals surface area contributed by atoms with E-state index in [0.717, 1.165) is 25.0 Å². The van der Waals surface area contributed by atoms with Gasteiger partial charge < -0.3 is 5.11 Å². The molecule has 1 aromatic carbocycles. The zero-order chi connectivity index (χ0) is 9.42. The van der Waals surface area contributed by atoms with E-state index in [1.54, 1.807) is 11.3 Å². The van der Waals surface area contributed by atoms with Crippen molar-refractivity contribution < 1.29 is 5.11 Å². The number of benzene rings is 1. The average Bonchev–Trinajstić information content (AvgIpc) is 2.60. The van der Waals surface area contributed by atoms with Gasteiger partial charge in [0.1, 0.15) is 0 Å². The second-order valence-electron chi connectivity index (χ2n) is 2.69. The van der Waals surface area contributed by atoms with E-state index in [-0.39, 0.29) is 6.61 Å². The van der Waals surface area contributed by atoms with Gasteiger partial charge in [0.25, 0.3) is 0 Å². The van der Waals surface area contributed by atoms with Crippen molar-refractivity contribution in [2.24, 2.45) is 0 Å². The number of aliphatic hydroxyl groups excluding tert-OH is 1. The maximum atomic E-state index is 9.13. The molecule has 0 saturated carbocycles. The van der Waals surface area contributed by atoms with Gasteiger partial charge in [-0.3, -0.25) is 0 Å². The maximum absolute atomic E-state index is 9.13. The van der Waals surface area contributed by atoms with Crippen molar-refractivity contribution in [1.29, 1.82) is 0 Å². The van der Waals surface area contributed by atoms with Crippen LogP contribution in [0.5, 0.6) is 0 Å². The van der Waals surface area contributed by atoms with Crippen LogP contribution in [0.25, 0.3) is 10.1 Å². The zero-order valence-corrected chi connectivity index (χ0v) is 9.92. The molecule has 1 aromatic heterocycles. The fraction of sp³-hybridized carbons (Fsp3) is 0.111. The van der Waals surface area contributed by atoms with Crippen LogP contribution in [0.4, 0.5) is 0 Å². The number of thiol groups is 1. The Hall–Kier alpha value is -0.0300. The van der Waals surface area contributed by atoms with E-state index in [0.29, 0.717) is 0 Å². The fourth-order valence-corrected chi connectivity index (χ4v) is 3.04. The monoisotopic (exact) mass is 274 g/mol. The largest absolute Gasteiger partial charge is 0.392 e. The number of aliphatic hydroxyl groups is 1. The normalized spacial score (nSPS) is 11.0. The molecule has 0 radical (unpaired) electrons. The van der Waals surface area contributed by atoms with Crippen LogP contribution >= 0.6 is 39.9 Å². The van der Waals surface area contributed by atoms with Gasteiger partial charge in [0.15, 0.2) is 0 Å². The molecule has 0 fully saturated rings. The van der Waals surface area contributed by atoms with Crippen LogP contribution in [0.1, 0.15) is 5.56 Å². The van der Waals surface area contributed by atoms with E-state index in [1.165, 1.54) is 0 Å². The minimum Gasteiger partial charge on any atom is -0.392 e. The van der Waals surface area contributed by atoms with E-state index in [4.69, 9.17) is 5.11 Å². The summed E-state index contributed by atoms with van der Waals surface area (Å²) in [6, 6.07) is 3.93. The van der Waals surface area contributed by atoms with Crippen molar-refractivity contribution in [3.05, 3.63) is 27.5 Å². The standard InChI is InChI=1S/C9H7BrOS2/c10-8-6-1-2-13-9(6)5(4-11)3-7(8)12/h1-3,11-12H,4H2. The topological polar surface area (TPSA) is 20.2 Å². The lowest BCUT2D eigenvalue weighted by atomic mass is 10.2. The minimum atomic E-state index is 0.0673. The molecule has 68 valence electrons. The molecule has 0 spiro atoms. The van der Waals surface area contributed by atoms with Crippen LogP contribution in [0.2, 0.25) is 0 Å². The van der Waals surface area contributed by atoms with Crippen LogP contribution in [0, 0.1) is 0 Å². The Labute approximate surface area is 93.9 Å². The van der Waals surface area contributed by atoms with E-state index in [1.807, 2.05) is 17.5 Å².